The summed E-state index contributed by atoms with van der Waals surface area (Å²) in [5.41, 5.74) is 1.24. The van der Waals surface area contributed by atoms with Gasteiger partial charge in [0.15, 0.2) is 5.82 Å². The van der Waals surface area contributed by atoms with E-state index in [1.165, 1.54) is 12.1 Å². The van der Waals surface area contributed by atoms with Gasteiger partial charge in [-0.3, -0.25) is 4.79 Å². The van der Waals surface area contributed by atoms with E-state index in [0.29, 0.717) is 30.6 Å². The summed E-state index contributed by atoms with van der Waals surface area (Å²) in [6, 6.07) is 9.66. The molecular weight excluding hydrogens is 363 g/mol. The minimum absolute atomic E-state index is 0.244. The highest BCUT2D eigenvalue weighted by molar-refractivity contribution is 6.02. The van der Waals surface area contributed by atoms with Crippen LogP contribution >= 0.6 is 0 Å². The molecular formula is C19H19FN6O2. The van der Waals surface area contributed by atoms with Gasteiger partial charge in [-0.05, 0) is 37.3 Å². The fourth-order valence-electron chi connectivity index (χ4n) is 3.05. The minimum Gasteiger partial charge on any atom is -0.368 e. The van der Waals surface area contributed by atoms with Crippen LogP contribution < -0.4 is 15.1 Å². The van der Waals surface area contributed by atoms with Gasteiger partial charge in [-0.1, -0.05) is 5.16 Å². The molecule has 1 saturated heterocycles. The highest BCUT2D eigenvalue weighted by Crippen LogP contribution is 2.19. The molecule has 1 fully saturated rings. The molecule has 1 aromatic carbocycles. The van der Waals surface area contributed by atoms with Crippen LogP contribution in [0.3, 0.4) is 0 Å². The summed E-state index contributed by atoms with van der Waals surface area (Å²) in [7, 11) is 0. The maximum atomic E-state index is 13.1. The van der Waals surface area contributed by atoms with Gasteiger partial charge in [0.25, 0.3) is 5.91 Å². The Morgan fingerprint density at radius 2 is 1.82 bits per heavy atom. The second kappa shape index (κ2) is 7.63. The molecule has 0 unspecified atom stereocenters. The molecule has 28 heavy (non-hydrogen) atoms. The number of anilines is 3. The van der Waals surface area contributed by atoms with Crippen LogP contribution in [0.5, 0.6) is 0 Å². The molecule has 0 bridgehead atoms. The van der Waals surface area contributed by atoms with Gasteiger partial charge in [0, 0.05) is 44.1 Å². The molecule has 1 aliphatic heterocycles. The van der Waals surface area contributed by atoms with Crippen LogP contribution in [-0.4, -0.2) is 47.2 Å². The van der Waals surface area contributed by atoms with Crippen molar-refractivity contribution in [3.05, 3.63) is 59.9 Å². The SMILES string of the molecule is Cc1cc(NC(=O)c2ccnc(N3CCN(c4ccc(F)cc4)CC3)n2)no1. The molecule has 0 spiro atoms. The van der Waals surface area contributed by atoms with E-state index in [2.05, 4.69) is 25.3 Å². The molecule has 8 nitrogen and oxygen atoms in total. The van der Waals surface area contributed by atoms with Gasteiger partial charge in [0.1, 0.15) is 17.3 Å². The smallest absolute Gasteiger partial charge is 0.275 e. The number of hydrogen-bond acceptors (Lipinski definition) is 7. The predicted octanol–water partition coefficient (Wildman–Crippen LogP) is 2.49. The molecule has 0 radical (unpaired) electrons. The summed E-state index contributed by atoms with van der Waals surface area (Å²) < 4.78 is 18.0. The molecule has 1 aliphatic rings. The third-order valence-corrected chi connectivity index (χ3v) is 4.50. The highest BCUT2D eigenvalue weighted by atomic mass is 19.1. The predicted molar refractivity (Wildman–Crippen MR) is 102 cm³/mol. The van der Waals surface area contributed by atoms with E-state index in [4.69, 9.17) is 4.52 Å². The van der Waals surface area contributed by atoms with Gasteiger partial charge in [-0.2, -0.15) is 0 Å². The largest absolute Gasteiger partial charge is 0.368 e. The molecule has 3 aromatic rings. The van der Waals surface area contributed by atoms with E-state index in [-0.39, 0.29) is 17.4 Å². The average molecular weight is 382 g/mol. The molecule has 2 aromatic heterocycles. The normalized spacial score (nSPS) is 14.2. The Bertz CT molecular complexity index is 967. The van der Waals surface area contributed by atoms with Crippen molar-refractivity contribution in [2.75, 3.05) is 41.3 Å². The first kappa shape index (κ1) is 17.9. The van der Waals surface area contributed by atoms with E-state index in [0.717, 1.165) is 18.8 Å². The third kappa shape index (κ3) is 3.93. The first-order valence-electron chi connectivity index (χ1n) is 8.92. The molecule has 0 aliphatic carbocycles. The van der Waals surface area contributed by atoms with Crippen molar-refractivity contribution in [1.29, 1.82) is 0 Å². The minimum atomic E-state index is -0.373. The van der Waals surface area contributed by atoms with Gasteiger partial charge < -0.3 is 19.6 Å². The Labute approximate surface area is 161 Å². The number of aryl methyl sites for hydroxylation is 1. The number of nitrogens with zero attached hydrogens (tertiary/aromatic N) is 5. The Kier molecular flexibility index (Phi) is 4.88. The Balaban J connectivity index is 1.40. The second-order valence-electron chi connectivity index (χ2n) is 6.47. The van der Waals surface area contributed by atoms with E-state index in [1.807, 2.05) is 4.90 Å². The molecule has 144 valence electrons. The summed E-state index contributed by atoms with van der Waals surface area (Å²) in [6.07, 6.45) is 1.57. The number of rotatable bonds is 4. The van der Waals surface area contributed by atoms with Gasteiger partial charge >= 0.3 is 0 Å². The van der Waals surface area contributed by atoms with Crippen LogP contribution in [0.25, 0.3) is 0 Å². The van der Waals surface area contributed by atoms with Crippen LogP contribution in [0.4, 0.5) is 21.8 Å². The van der Waals surface area contributed by atoms with Crippen molar-refractivity contribution in [2.24, 2.45) is 0 Å². The number of nitrogens with one attached hydrogen (secondary N) is 1. The Morgan fingerprint density at radius 1 is 1.11 bits per heavy atom. The number of benzene rings is 1. The lowest BCUT2D eigenvalue weighted by atomic mass is 10.2. The first-order valence-corrected chi connectivity index (χ1v) is 8.92. The summed E-state index contributed by atoms with van der Waals surface area (Å²) in [6.45, 7) is 4.65. The van der Waals surface area contributed by atoms with Crippen molar-refractivity contribution in [3.63, 3.8) is 0 Å². The van der Waals surface area contributed by atoms with E-state index in [1.54, 1.807) is 37.4 Å². The lowest BCUT2D eigenvalue weighted by molar-refractivity contribution is 0.102. The lowest BCUT2D eigenvalue weighted by Crippen LogP contribution is -2.47. The van der Waals surface area contributed by atoms with Gasteiger partial charge in [-0.25, -0.2) is 14.4 Å². The Hall–Kier alpha value is -3.49. The number of aromatic nitrogens is 3. The van der Waals surface area contributed by atoms with Crippen LogP contribution in [0, 0.1) is 12.7 Å². The van der Waals surface area contributed by atoms with Crippen LogP contribution in [0.15, 0.2) is 47.1 Å². The van der Waals surface area contributed by atoms with E-state index in [9.17, 15) is 9.18 Å². The monoisotopic (exact) mass is 382 g/mol. The lowest BCUT2D eigenvalue weighted by Gasteiger charge is -2.36. The van der Waals surface area contributed by atoms with E-state index < -0.39 is 0 Å². The van der Waals surface area contributed by atoms with Crippen molar-refractivity contribution in [1.82, 2.24) is 15.1 Å². The summed E-state index contributed by atoms with van der Waals surface area (Å²) in [4.78, 5) is 25.3. The Morgan fingerprint density at radius 3 is 2.50 bits per heavy atom. The second-order valence-corrected chi connectivity index (χ2v) is 6.47. The maximum absolute atomic E-state index is 13.1. The van der Waals surface area contributed by atoms with Crippen molar-refractivity contribution < 1.29 is 13.7 Å². The number of piperazine rings is 1. The zero-order valence-electron chi connectivity index (χ0n) is 15.3. The van der Waals surface area contributed by atoms with Crippen molar-refractivity contribution in [2.45, 2.75) is 6.92 Å². The van der Waals surface area contributed by atoms with Gasteiger partial charge in [-0.15, -0.1) is 0 Å². The zero-order valence-corrected chi connectivity index (χ0v) is 15.3. The number of hydrogen-bond donors (Lipinski definition) is 1. The summed E-state index contributed by atoms with van der Waals surface area (Å²) in [5, 5.41) is 6.40. The van der Waals surface area contributed by atoms with Crippen LogP contribution in [0.1, 0.15) is 16.2 Å². The maximum Gasteiger partial charge on any atom is 0.275 e. The molecule has 3 heterocycles. The number of carbonyl (C=O) groups excluding carboxylic acids is 1. The fourth-order valence-corrected chi connectivity index (χ4v) is 3.05. The quantitative estimate of drug-likeness (QED) is 0.742. The fraction of sp³-hybridized carbons (Fsp3) is 0.263. The molecule has 1 amide bonds. The van der Waals surface area contributed by atoms with Crippen molar-refractivity contribution >= 4 is 23.4 Å². The molecule has 9 heteroatoms. The molecule has 0 atom stereocenters. The van der Waals surface area contributed by atoms with Crippen LogP contribution in [-0.2, 0) is 0 Å². The number of halogens is 1. The van der Waals surface area contributed by atoms with Gasteiger partial charge in [0.2, 0.25) is 5.95 Å². The summed E-state index contributed by atoms with van der Waals surface area (Å²) >= 11 is 0. The first-order chi connectivity index (χ1) is 13.6. The summed E-state index contributed by atoms with van der Waals surface area (Å²) in [5.74, 6) is 0.838. The molecule has 1 N–H and O–H groups in total. The zero-order chi connectivity index (χ0) is 19.5. The van der Waals surface area contributed by atoms with Crippen molar-refractivity contribution in [3.8, 4) is 0 Å². The highest BCUT2D eigenvalue weighted by Gasteiger charge is 2.20. The van der Waals surface area contributed by atoms with Crippen LogP contribution in [0.2, 0.25) is 0 Å². The molecule has 0 saturated carbocycles. The standard InChI is InChI=1S/C19H19FN6O2/c1-13-12-17(24-28-13)23-18(27)16-6-7-21-19(22-16)26-10-8-25(9-11-26)15-4-2-14(20)3-5-15/h2-7,12H,8-11H2,1H3,(H,23,24,27). The van der Waals surface area contributed by atoms with E-state index >= 15 is 0 Å². The van der Waals surface area contributed by atoms with Gasteiger partial charge in [0.05, 0.1) is 0 Å². The average Bonchev–Trinajstić information content (AvgIpc) is 3.13. The third-order valence-electron chi connectivity index (χ3n) is 4.50. The topological polar surface area (TPSA) is 87.4 Å². The number of amides is 1. The molecule has 4 rings (SSSR count). The number of carbonyl (C=O) groups is 1.